The number of alkyl halides is 2. The first kappa shape index (κ1) is 50.1. The van der Waals surface area contributed by atoms with Crippen LogP contribution in [0.5, 0.6) is 17.2 Å². The third-order valence-electron chi connectivity index (χ3n) is 10.4. The molecular weight excluding hydrogens is 957 g/mol. The third-order valence-corrected chi connectivity index (χ3v) is 12.6. The minimum Gasteiger partial charge on any atom is -0.490 e. The Balaban J connectivity index is 1.22. The topological polar surface area (TPSA) is 119 Å². The fourth-order valence-electron chi connectivity index (χ4n) is 7.08. The van der Waals surface area contributed by atoms with E-state index < -0.39 is 25.7 Å². The molecule has 0 aliphatic carbocycles. The Kier molecular flexibility index (Phi) is 20.5. The molecule has 0 aromatic heterocycles. The molecule has 15 heteroatoms. The number of sulfone groups is 1. The molecule has 0 bridgehead atoms. The number of nitrogens with zero attached hydrogens (tertiary/aromatic N) is 3. The van der Waals surface area contributed by atoms with Crippen LogP contribution in [0.25, 0.3) is 0 Å². The molecule has 1 fully saturated rings. The van der Waals surface area contributed by atoms with Crippen molar-refractivity contribution >= 4 is 66.8 Å². The van der Waals surface area contributed by atoms with E-state index in [1.54, 1.807) is 42.5 Å². The van der Waals surface area contributed by atoms with Crippen molar-refractivity contribution in [1.29, 1.82) is 0 Å². The molecule has 0 radical (unpaired) electrons. The first-order valence-electron chi connectivity index (χ1n) is 22.1. The molecule has 1 N–H and O–H groups in total. The van der Waals surface area contributed by atoms with Crippen LogP contribution in [0, 0.1) is 0 Å². The van der Waals surface area contributed by atoms with Gasteiger partial charge in [-0.25, -0.2) is 13.4 Å². The molecule has 1 saturated heterocycles. The van der Waals surface area contributed by atoms with Gasteiger partial charge >= 0.3 is 6.11 Å². The van der Waals surface area contributed by atoms with E-state index in [2.05, 4.69) is 22.4 Å². The minimum atomic E-state index is -4.02. The van der Waals surface area contributed by atoms with E-state index in [1.165, 1.54) is 99.4 Å². The van der Waals surface area contributed by atoms with Crippen LogP contribution in [0.2, 0.25) is 0 Å². The van der Waals surface area contributed by atoms with E-state index in [0.717, 1.165) is 47.6 Å². The average Bonchev–Trinajstić information content (AvgIpc) is 3.58. The van der Waals surface area contributed by atoms with Gasteiger partial charge in [-0.3, -0.25) is 15.1 Å². The van der Waals surface area contributed by atoms with Crippen molar-refractivity contribution in [3.05, 3.63) is 113 Å². The Bertz CT molecular complexity index is 2260. The second kappa shape index (κ2) is 26.2. The number of amides is 1. The van der Waals surface area contributed by atoms with E-state index in [0.29, 0.717) is 36.8 Å². The van der Waals surface area contributed by atoms with Gasteiger partial charge in [-0.15, -0.1) is 0 Å². The number of halogens is 4. The number of carbonyl (C=O) groups excluding carboxylic acids is 1. The fraction of sp³-hybridized carbons (Fsp3) is 0.408. The maximum Gasteiger partial charge on any atom is 0.423 e. The second-order valence-corrected chi connectivity index (χ2v) is 18.7. The summed E-state index contributed by atoms with van der Waals surface area (Å²) in [6, 6.07) is 28.0. The highest BCUT2D eigenvalue weighted by Crippen LogP contribution is 2.36. The van der Waals surface area contributed by atoms with Crippen LogP contribution in [0.4, 0.5) is 30.2 Å². The van der Waals surface area contributed by atoms with Crippen LogP contribution in [-0.2, 0) is 14.6 Å². The Morgan fingerprint density at radius 2 is 1.30 bits per heavy atom. The lowest BCUT2D eigenvalue weighted by atomic mass is 10.0. The van der Waals surface area contributed by atoms with E-state index in [-0.39, 0.29) is 46.1 Å². The van der Waals surface area contributed by atoms with Gasteiger partial charge in [0, 0.05) is 0 Å². The fourth-order valence-corrected chi connectivity index (χ4v) is 8.82. The molecule has 344 valence electrons. The summed E-state index contributed by atoms with van der Waals surface area (Å²) in [6.45, 7) is 2.69. The van der Waals surface area contributed by atoms with Crippen molar-refractivity contribution in [2.75, 3.05) is 35.8 Å². The zero-order valence-electron chi connectivity index (χ0n) is 36.3. The first-order chi connectivity index (χ1) is 30.9. The molecule has 4 aromatic carbocycles. The molecule has 64 heavy (non-hydrogen) atoms. The van der Waals surface area contributed by atoms with Gasteiger partial charge in [0.1, 0.15) is 24.7 Å². The van der Waals surface area contributed by atoms with Gasteiger partial charge in [0.15, 0.2) is 25.1 Å². The highest BCUT2D eigenvalue weighted by molar-refractivity contribution is 14.1. The number of para-hydroxylation sites is 3. The SMILES string of the molecule is CCCCCCCCCCCCCCCCS(=O)(=O)c1ccc(N=C2CN(c3ccccc3OC(F)(F)C=C(F)I)C(=O)C2=NNc2ccc(OCCOc3ccccc3)cc2)cc1. The number of anilines is 2. The predicted octanol–water partition coefficient (Wildman–Crippen LogP) is 13.2. The van der Waals surface area contributed by atoms with Crippen molar-refractivity contribution in [2.24, 2.45) is 10.1 Å². The largest absolute Gasteiger partial charge is 0.490 e. The van der Waals surface area contributed by atoms with Crippen LogP contribution in [0.1, 0.15) is 96.8 Å². The summed E-state index contributed by atoms with van der Waals surface area (Å²) >= 11 is 1.11. The third kappa shape index (κ3) is 16.9. The monoisotopic (exact) mass is 1010 g/mol. The number of hydrazone groups is 1. The molecule has 1 aliphatic heterocycles. The lowest BCUT2D eigenvalue weighted by molar-refractivity contribution is -0.132. The summed E-state index contributed by atoms with van der Waals surface area (Å²) in [5, 5.41) is 4.39. The summed E-state index contributed by atoms with van der Waals surface area (Å²) in [4.78, 5) is 20.1. The number of aliphatic imine (C=N–C) groups is 1. The van der Waals surface area contributed by atoms with Gasteiger partial charge in [0.2, 0.25) is 0 Å². The van der Waals surface area contributed by atoms with Crippen molar-refractivity contribution in [2.45, 2.75) is 108 Å². The van der Waals surface area contributed by atoms with Crippen LogP contribution >= 0.6 is 22.6 Å². The van der Waals surface area contributed by atoms with Gasteiger partial charge in [-0.2, -0.15) is 18.3 Å². The van der Waals surface area contributed by atoms with Gasteiger partial charge in [0.25, 0.3) is 5.91 Å². The number of rotatable bonds is 28. The molecule has 0 unspecified atom stereocenters. The summed E-state index contributed by atoms with van der Waals surface area (Å²) in [5.41, 5.74) is 3.77. The number of hydrogen-bond acceptors (Lipinski definition) is 9. The normalized spacial score (nSPS) is 14.7. The molecule has 5 rings (SSSR count). The first-order valence-corrected chi connectivity index (χ1v) is 24.8. The molecular formula is C49H58F3IN4O6S. The zero-order chi connectivity index (χ0) is 45.6. The Morgan fingerprint density at radius 3 is 1.89 bits per heavy atom. The second-order valence-electron chi connectivity index (χ2n) is 15.5. The van der Waals surface area contributed by atoms with Gasteiger partial charge < -0.3 is 14.2 Å². The predicted molar refractivity (Wildman–Crippen MR) is 258 cm³/mol. The lowest BCUT2D eigenvalue weighted by Crippen LogP contribution is -2.29. The summed E-state index contributed by atoms with van der Waals surface area (Å²) in [6.07, 6.45) is 12.5. The van der Waals surface area contributed by atoms with Crippen LogP contribution < -0.4 is 24.5 Å². The number of nitrogens with one attached hydrogen (secondary N) is 1. The van der Waals surface area contributed by atoms with Crippen LogP contribution in [0.3, 0.4) is 0 Å². The number of hydrogen-bond donors (Lipinski definition) is 1. The Morgan fingerprint density at radius 1 is 0.750 bits per heavy atom. The summed E-state index contributed by atoms with van der Waals surface area (Å²) in [5.74, 6) is 0.312. The molecule has 4 aromatic rings. The molecule has 0 saturated carbocycles. The van der Waals surface area contributed by atoms with Gasteiger partial charge in [-0.05, 0) is 102 Å². The van der Waals surface area contributed by atoms with Crippen molar-refractivity contribution in [3.8, 4) is 17.2 Å². The number of benzene rings is 4. The maximum atomic E-state index is 14.6. The standard InChI is InChI=1S/C49H58F3IN4O6S/c1-2-3-4-5-6-7-8-9-10-11-12-13-14-20-35-64(59,60)42-31-27-38(28-32-42)54-43-37-57(44-23-18-19-24-45(44)63-49(51,52)36-46(50)53)48(58)47(43)56-55-39-25-29-41(30-26-39)62-34-33-61-40-21-16-15-17-22-40/h15-19,21-32,36,55H,2-14,20,33-35,37H2,1H3. The summed E-state index contributed by atoms with van der Waals surface area (Å²) < 4.78 is 84.3. The highest BCUT2D eigenvalue weighted by atomic mass is 127. The average molecular weight is 1010 g/mol. The molecule has 0 spiro atoms. The Hall–Kier alpha value is -4.90. The van der Waals surface area contributed by atoms with Crippen LogP contribution in [-0.4, -0.2) is 57.4 Å². The highest BCUT2D eigenvalue weighted by Gasteiger charge is 2.38. The van der Waals surface area contributed by atoms with Crippen molar-refractivity contribution in [1.82, 2.24) is 0 Å². The van der Waals surface area contributed by atoms with E-state index in [4.69, 9.17) is 14.2 Å². The molecule has 1 amide bonds. The Labute approximate surface area is 389 Å². The van der Waals surface area contributed by atoms with E-state index >= 15 is 0 Å². The maximum absolute atomic E-state index is 14.6. The van der Waals surface area contributed by atoms with Gasteiger partial charge in [0.05, 0.1) is 46.0 Å². The smallest absolute Gasteiger partial charge is 0.423 e. The van der Waals surface area contributed by atoms with Crippen molar-refractivity contribution in [3.63, 3.8) is 0 Å². The lowest BCUT2D eigenvalue weighted by Gasteiger charge is -2.21. The van der Waals surface area contributed by atoms with E-state index in [1.807, 2.05) is 30.3 Å². The minimum absolute atomic E-state index is 0.0185. The quantitative estimate of drug-likeness (QED) is 0.0342. The molecule has 10 nitrogen and oxygen atoms in total. The molecule has 1 heterocycles. The zero-order valence-corrected chi connectivity index (χ0v) is 39.3. The number of ether oxygens (including phenoxy) is 3. The summed E-state index contributed by atoms with van der Waals surface area (Å²) in [7, 11) is -3.54. The van der Waals surface area contributed by atoms with Crippen molar-refractivity contribution < 1.29 is 40.6 Å². The number of carbonyl (C=O) groups is 1. The molecule has 0 atom stereocenters. The molecule has 1 aliphatic rings. The van der Waals surface area contributed by atoms with Gasteiger partial charge in [-0.1, -0.05) is 121 Å². The van der Waals surface area contributed by atoms with Crippen LogP contribution in [0.15, 0.2) is 128 Å². The van der Waals surface area contributed by atoms with E-state index in [9.17, 15) is 26.4 Å². The number of unbranched alkanes of at least 4 members (excludes halogenated alkanes) is 13.